The lowest BCUT2D eigenvalue weighted by Crippen LogP contribution is -2.36. The minimum absolute atomic E-state index is 0.213. The van der Waals surface area contributed by atoms with Gasteiger partial charge >= 0.3 is 0 Å². The van der Waals surface area contributed by atoms with Crippen LogP contribution >= 0.6 is 22.9 Å². The molecule has 234 valence electrons. The fraction of sp³-hybridized carbons (Fsp3) is 0.364. The molecule has 0 radical (unpaired) electrons. The van der Waals surface area contributed by atoms with Gasteiger partial charge in [0, 0.05) is 41.5 Å². The van der Waals surface area contributed by atoms with Gasteiger partial charge in [-0.3, -0.25) is 9.58 Å². The maximum Gasteiger partial charge on any atom is 0.142 e. The maximum atomic E-state index is 13.5. The van der Waals surface area contributed by atoms with Crippen molar-refractivity contribution in [3.05, 3.63) is 82.6 Å². The number of rotatable bonds is 10. The largest absolute Gasteiger partial charge is 0.487 e. The average Bonchev–Trinajstić information content (AvgIpc) is 3.74. The fourth-order valence-corrected chi connectivity index (χ4v) is 7.76. The van der Waals surface area contributed by atoms with Crippen molar-refractivity contribution in [2.45, 2.75) is 44.6 Å². The van der Waals surface area contributed by atoms with E-state index < -0.39 is 6.10 Å². The third-order valence-corrected chi connectivity index (χ3v) is 10.1. The summed E-state index contributed by atoms with van der Waals surface area (Å²) in [6.07, 6.45) is 5.93. The third-order valence-electron chi connectivity index (χ3n) is 8.60. The van der Waals surface area contributed by atoms with E-state index in [0.29, 0.717) is 29.9 Å². The van der Waals surface area contributed by atoms with E-state index in [9.17, 15) is 9.50 Å². The zero-order valence-corrected chi connectivity index (χ0v) is 26.8. The van der Waals surface area contributed by atoms with Gasteiger partial charge in [-0.1, -0.05) is 23.7 Å². The molecular weight excluding hydrogens is 613 g/mol. The number of halogens is 2. The zero-order valence-electron chi connectivity index (χ0n) is 25.2. The lowest BCUT2D eigenvalue weighted by molar-refractivity contribution is 0.102. The summed E-state index contributed by atoms with van der Waals surface area (Å²) in [4.78, 5) is 15.9. The summed E-state index contributed by atoms with van der Waals surface area (Å²) in [5, 5.41) is 20.6. The first-order valence-electron chi connectivity index (χ1n) is 15.1. The van der Waals surface area contributed by atoms with Crippen LogP contribution in [0.2, 0.25) is 5.02 Å². The van der Waals surface area contributed by atoms with Crippen LogP contribution in [0.25, 0.3) is 20.7 Å². The number of likely N-dealkylation sites (N-methyl/N-ethyl adjacent to an activating group) is 1. The number of aliphatic hydroxyl groups excluding tert-OH is 1. The van der Waals surface area contributed by atoms with Crippen LogP contribution in [0.4, 0.5) is 15.9 Å². The van der Waals surface area contributed by atoms with E-state index in [1.807, 2.05) is 16.8 Å². The Labute approximate surface area is 270 Å². The van der Waals surface area contributed by atoms with Gasteiger partial charge in [0.1, 0.15) is 35.1 Å². The van der Waals surface area contributed by atoms with Crippen LogP contribution in [-0.2, 0) is 26.0 Å². The molecule has 2 aromatic carbocycles. The number of benzene rings is 2. The summed E-state index contributed by atoms with van der Waals surface area (Å²) < 4.78 is 21.3. The second kappa shape index (κ2) is 12.6. The summed E-state index contributed by atoms with van der Waals surface area (Å²) in [6, 6.07) is 12.3. The van der Waals surface area contributed by atoms with Gasteiger partial charge in [-0.15, -0.1) is 11.3 Å². The number of hydrogen-bond acceptors (Lipinski definition) is 9. The van der Waals surface area contributed by atoms with Crippen LogP contribution in [0.5, 0.6) is 5.75 Å². The second-order valence-electron chi connectivity index (χ2n) is 12.0. The molecule has 1 aliphatic heterocycles. The van der Waals surface area contributed by atoms with Crippen LogP contribution in [0.3, 0.4) is 0 Å². The number of fused-ring (bicyclic) bond motifs is 5. The van der Waals surface area contributed by atoms with Crippen LogP contribution in [0.1, 0.15) is 23.2 Å². The SMILES string of the molecule is CN(C)[C@H]1CCN(C[C@@H](O)Cn2cc3c(n2)CCc2c-3sc3ncnc(Nc4ccc(OCc5cccc(F)c5)c(Cl)c4)c23)C1. The van der Waals surface area contributed by atoms with Gasteiger partial charge in [-0.25, -0.2) is 14.4 Å². The maximum absolute atomic E-state index is 13.5. The predicted octanol–water partition coefficient (Wildman–Crippen LogP) is 5.77. The predicted molar refractivity (Wildman–Crippen MR) is 176 cm³/mol. The van der Waals surface area contributed by atoms with Gasteiger partial charge in [0.05, 0.1) is 28.8 Å². The quantitative estimate of drug-likeness (QED) is 0.198. The van der Waals surface area contributed by atoms with Crippen LogP contribution < -0.4 is 10.1 Å². The molecule has 4 heterocycles. The molecule has 9 nitrogen and oxygen atoms in total. The van der Waals surface area contributed by atoms with Crippen molar-refractivity contribution in [3.8, 4) is 16.2 Å². The summed E-state index contributed by atoms with van der Waals surface area (Å²) in [6.45, 7) is 3.33. The first-order chi connectivity index (χ1) is 21.8. The highest BCUT2D eigenvalue weighted by Gasteiger charge is 2.28. The first-order valence-corrected chi connectivity index (χ1v) is 16.3. The molecule has 2 N–H and O–H groups in total. The molecule has 0 saturated carbocycles. The van der Waals surface area contributed by atoms with E-state index in [0.717, 1.165) is 75.8 Å². The molecule has 0 bridgehead atoms. The van der Waals surface area contributed by atoms with Gasteiger partial charge in [-0.2, -0.15) is 5.10 Å². The van der Waals surface area contributed by atoms with Crippen molar-refractivity contribution in [1.82, 2.24) is 29.5 Å². The van der Waals surface area contributed by atoms with Crippen molar-refractivity contribution in [2.24, 2.45) is 0 Å². The van der Waals surface area contributed by atoms with Gasteiger partial charge in [-0.05, 0) is 81.4 Å². The molecule has 7 rings (SSSR count). The Morgan fingerprint density at radius 1 is 1.18 bits per heavy atom. The number of nitrogens with zero attached hydrogens (tertiary/aromatic N) is 6. The van der Waals surface area contributed by atoms with E-state index >= 15 is 0 Å². The minimum atomic E-state index is -0.485. The molecule has 0 amide bonds. The number of anilines is 2. The van der Waals surface area contributed by atoms with Gasteiger partial charge in [0.15, 0.2) is 0 Å². The van der Waals surface area contributed by atoms with Gasteiger partial charge < -0.3 is 20.1 Å². The molecule has 1 aliphatic carbocycles. The number of hydrogen-bond donors (Lipinski definition) is 2. The normalized spacial score (nSPS) is 17.1. The van der Waals surface area contributed by atoms with E-state index in [1.165, 1.54) is 17.7 Å². The number of aromatic nitrogens is 4. The van der Waals surface area contributed by atoms with Crippen molar-refractivity contribution in [3.63, 3.8) is 0 Å². The van der Waals surface area contributed by atoms with Gasteiger partial charge in [0.25, 0.3) is 0 Å². The van der Waals surface area contributed by atoms with Crippen molar-refractivity contribution in [1.29, 1.82) is 0 Å². The Bertz CT molecular complexity index is 1840. The molecule has 0 spiro atoms. The van der Waals surface area contributed by atoms with E-state index in [4.69, 9.17) is 21.4 Å². The Hall–Kier alpha value is -3.61. The van der Waals surface area contributed by atoms with E-state index in [2.05, 4.69) is 45.4 Å². The Morgan fingerprint density at radius 3 is 2.87 bits per heavy atom. The molecule has 1 saturated heterocycles. The number of aryl methyl sites for hydroxylation is 2. The Balaban J connectivity index is 1.06. The summed E-state index contributed by atoms with van der Waals surface area (Å²) in [7, 11) is 4.24. The van der Waals surface area contributed by atoms with Crippen molar-refractivity contribution in [2.75, 3.05) is 39.0 Å². The third kappa shape index (κ3) is 6.41. The number of nitrogens with one attached hydrogen (secondary N) is 1. The molecule has 2 aliphatic rings. The molecule has 2 atom stereocenters. The monoisotopic (exact) mass is 647 g/mol. The number of likely N-dealkylation sites (tertiary alicyclic amines) is 1. The van der Waals surface area contributed by atoms with Crippen molar-refractivity contribution < 1.29 is 14.2 Å². The molecule has 5 aromatic rings. The number of β-amino-alcohol motifs (C(OH)–C–C–N with tert-alkyl or cyclic N) is 1. The number of aliphatic hydroxyl groups is 1. The molecule has 12 heteroatoms. The highest BCUT2D eigenvalue weighted by atomic mass is 35.5. The van der Waals surface area contributed by atoms with Crippen molar-refractivity contribution >= 4 is 44.7 Å². The smallest absolute Gasteiger partial charge is 0.142 e. The van der Waals surface area contributed by atoms with E-state index in [1.54, 1.807) is 35.9 Å². The Kier molecular flexibility index (Phi) is 8.45. The number of ether oxygens (including phenoxy) is 1. The lowest BCUT2D eigenvalue weighted by Gasteiger charge is -2.22. The lowest BCUT2D eigenvalue weighted by atomic mass is 9.95. The summed E-state index contributed by atoms with van der Waals surface area (Å²) in [5.74, 6) is 0.929. The molecule has 0 unspecified atom stereocenters. The van der Waals surface area contributed by atoms with E-state index in [-0.39, 0.29) is 12.4 Å². The highest BCUT2D eigenvalue weighted by Crippen LogP contribution is 2.45. The average molecular weight is 648 g/mol. The van der Waals surface area contributed by atoms with Gasteiger partial charge in [0.2, 0.25) is 0 Å². The highest BCUT2D eigenvalue weighted by molar-refractivity contribution is 7.22. The topological polar surface area (TPSA) is 91.6 Å². The summed E-state index contributed by atoms with van der Waals surface area (Å²) >= 11 is 8.21. The standard InChI is InChI=1S/C33H35ClFN7O2S/c1-40(2)23-10-11-41(14-23)15-24(43)16-42-17-26-28(39-42)8-7-25-30-32(36-19-37-33(30)45-31(25)26)38-22-6-9-29(27(34)13-22)44-18-20-4-3-5-21(35)12-20/h3-6,9,12-13,17,19,23-24,43H,7-8,10-11,14-16,18H2,1-2H3,(H,36,37,38)/t23-,24+/m0/s1. The van der Waals surface area contributed by atoms with Crippen LogP contribution in [0, 0.1) is 5.82 Å². The van der Waals surface area contributed by atoms with Crippen LogP contribution in [0.15, 0.2) is 55.0 Å². The fourth-order valence-electron chi connectivity index (χ4n) is 6.31. The van der Waals surface area contributed by atoms with Crippen LogP contribution in [-0.4, -0.2) is 80.5 Å². The first kappa shape index (κ1) is 30.1. The molecule has 45 heavy (non-hydrogen) atoms. The Morgan fingerprint density at radius 2 is 2.07 bits per heavy atom. The zero-order chi connectivity index (χ0) is 31.1. The molecular formula is C33H35ClFN7O2S. The second-order valence-corrected chi connectivity index (χ2v) is 13.4. The minimum Gasteiger partial charge on any atom is -0.487 e. The molecule has 1 fully saturated rings. The number of thiophene rings is 1. The summed E-state index contributed by atoms with van der Waals surface area (Å²) in [5.41, 5.74) is 4.86. The molecule has 3 aromatic heterocycles.